The van der Waals surface area contributed by atoms with Crippen LogP contribution in [-0.2, 0) is 4.74 Å². The van der Waals surface area contributed by atoms with Gasteiger partial charge in [-0.15, -0.1) is 6.58 Å². The van der Waals surface area contributed by atoms with E-state index < -0.39 is 5.60 Å². The van der Waals surface area contributed by atoms with Crippen LogP contribution in [-0.4, -0.2) is 23.4 Å². The van der Waals surface area contributed by atoms with Crippen LogP contribution >= 0.6 is 0 Å². The van der Waals surface area contributed by atoms with Gasteiger partial charge in [-0.25, -0.2) is 0 Å². The predicted octanol–water partition coefficient (Wildman–Crippen LogP) is 1.74. The maximum atomic E-state index is 10.1. The van der Waals surface area contributed by atoms with Gasteiger partial charge in [-0.05, 0) is 19.8 Å². The molecule has 1 N–H and O–H groups in total. The monoisotopic (exact) mass is 170 g/mol. The summed E-state index contributed by atoms with van der Waals surface area (Å²) in [6.45, 7) is 8.26. The first kappa shape index (κ1) is 9.75. The van der Waals surface area contributed by atoms with Crippen LogP contribution in [0.15, 0.2) is 12.7 Å². The lowest BCUT2D eigenvalue weighted by atomic mass is 9.84. The highest BCUT2D eigenvalue weighted by Gasteiger charge is 2.38. The first-order chi connectivity index (χ1) is 5.59. The second-order valence-corrected chi connectivity index (χ2v) is 3.75. The minimum atomic E-state index is -0.752. The van der Waals surface area contributed by atoms with Crippen LogP contribution in [0.1, 0.15) is 26.7 Å². The Morgan fingerprint density at radius 3 is 2.83 bits per heavy atom. The van der Waals surface area contributed by atoms with Crippen LogP contribution < -0.4 is 0 Å². The average molecular weight is 170 g/mol. The summed E-state index contributed by atoms with van der Waals surface area (Å²) in [7, 11) is 0. The van der Waals surface area contributed by atoms with Gasteiger partial charge in [0.2, 0.25) is 0 Å². The van der Waals surface area contributed by atoms with Gasteiger partial charge in [0.1, 0.15) is 0 Å². The minimum absolute atomic E-state index is 0.00880. The topological polar surface area (TPSA) is 29.5 Å². The molecule has 1 saturated heterocycles. The summed E-state index contributed by atoms with van der Waals surface area (Å²) < 4.78 is 5.44. The summed E-state index contributed by atoms with van der Waals surface area (Å²) >= 11 is 0. The van der Waals surface area contributed by atoms with Crippen LogP contribution in [0.3, 0.4) is 0 Å². The average Bonchev–Trinajstić information content (AvgIpc) is 2.55. The van der Waals surface area contributed by atoms with E-state index in [1.54, 1.807) is 6.08 Å². The third-order valence-electron chi connectivity index (χ3n) is 2.86. The van der Waals surface area contributed by atoms with E-state index in [2.05, 4.69) is 6.58 Å². The lowest BCUT2D eigenvalue weighted by Gasteiger charge is -2.33. The van der Waals surface area contributed by atoms with Crippen LogP contribution in [0.2, 0.25) is 0 Å². The smallest absolute Gasteiger partial charge is 0.0939 e. The Bertz CT molecular complexity index is 157. The summed E-state index contributed by atoms with van der Waals surface area (Å²) in [6.07, 6.45) is 3.79. The molecule has 3 atom stereocenters. The molecular formula is C10H18O2. The Kier molecular flexibility index (Phi) is 2.91. The van der Waals surface area contributed by atoms with E-state index in [0.717, 1.165) is 19.4 Å². The number of ether oxygens (including phenoxy) is 1. The molecule has 1 rings (SSSR count). The fraction of sp³-hybridized carbons (Fsp3) is 0.800. The Balaban J connectivity index is 2.61. The van der Waals surface area contributed by atoms with Crippen molar-refractivity contribution in [2.24, 2.45) is 5.92 Å². The number of hydrogen-bond acceptors (Lipinski definition) is 2. The molecule has 0 radical (unpaired) electrons. The molecule has 2 heteroatoms. The third kappa shape index (κ3) is 1.70. The first-order valence-corrected chi connectivity index (χ1v) is 4.55. The standard InChI is InChI=1S/C10H18O2/c1-4-8(2)10(3,11)9-6-5-7-12-9/h4,8-9,11H,1,5-7H2,2-3H3. The van der Waals surface area contributed by atoms with Gasteiger partial charge in [-0.2, -0.15) is 0 Å². The molecule has 0 saturated carbocycles. The van der Waals surface area contributed by atoms with Crippen molar-refractivity contribution in [2.45, 2.75) is 38.4 Å². The van der Waals surface area contributed by atoms with Crippen molar-refractivity contribution in [1.82, 2.24) is 0 Å². The van der Waals surface area contributed by atoms with Gasteiger partial charge in [-0.1, -0.05) is 13.0 Å². The van der Waals surface area contributed by atoms with E-state index in [0.29, 0.717) is 0 Å². The van der Waals surface area contributed by atoms with Gasteiger partial charge < -0.3 is 9.84 Å². The maximum Gasteiger partial charge on any atom is 0.0939 e. The number of hydrogen-bond donors (Lipinski definition) is 1. The van der Waals surface area contributed by atoms with Crippen molar-refractivity contribution in [1.29, 1.82) is 0 Å². The normalized spacial score (nSPS) is 31.1. The molecule has 12 heavy (non-hydrogen) atoms. The van der Waals surface area contributed by atoms with Crippen LogP contribution in [0.25, 0.3) is 0 Å². The van der Waals surface area contributed by atoms with E-state index >= 15 is 0 Å². The van der Waals surface area contributed by atoms with Crippen molar-refractivity contribution in [3.8, 4) is 0 Å². The SMILES string of the molecule is C=CC(C)C(C)(O)C1CCCO1. The molecule has 0 aromatic carbocycles. The van der Waals surface area contributed by atoms with Gasteiger partial charge in [0.25, 0.3) is 0 Å². The molecule has 0 aromatic heterocycles. The molecule has 0 aromatic rings. The Hall–Kier alpha value is -0.340. The molecule has 0 amide bonds. The van der Waals surface area contributed by atoms with Crippen molar-refractivity contribution >= 4 is 0 Å². The summed E-state index contributed by atoms with van der Waals surface area (Å²) in [5.41, 5.74) is -0.752. The lowest BCUT2D eigenvalue weighted by Crippen LogP contribution is -2.43. The summed E-state index contributed by atoms with van der Waals surface area (Å²) in [5, 5.41) is 10.1. The van der Waals surface area contributed by atoms with Crippen molar-refractivity contribution in [3.63, 3.8) is 0 Å². The second-order valence-electron chi connectivity index (χ2n) is 3.75. The Morgan fingerprint density at radius 2 is 2.42 bits per heavy atom. The Labute approximate surface area is 74.2 Å². The highest BCUT2D eigenvalue weighted by molar-refractivity contribution is 4.96. The van der Waals surface area contributed by atoms with E-state index in [-0.39, 0.29) is 12.0 Å². The van der Waals surface area contributed by atoms with Crippen molar-refractivity contribution < 1.29 is 9.84 Å². The van der Waals surface area contributed by atoms with E-state index in [1.165, 1.54) is 0 Å². The van der Waals surface area contributed by atoms with Gasteiger partial charge >= 0.3 is 0 Å². The van der Waals surface area contributed by atoms with Crippen LogP contribution in [0.4, 0.5) is 0 Å². The van der Waals surface area contributed by atoms with Gasteiger partial charge in [0, 0.05) is 12.5 Å². The third-order valence-corrected chi connectivity index (χ3v) is 2.86. The zero-order valence-corrected chi connectivity index (χ0v) is 7.92. The molecule has 70 valence electrons. The molecule has 1 aliphatic rings. The van der Waals surface area contributed by atoms with E-state index in [9.17, 15) is 5.11 Å². The van der Waals surface area contributed by atoms with Gasteiger partial charge in [0.15, 0.2) is 0 Å². The number of aliphatic hydroxyl groups is 1. The van der Waals surface area contributed by atoms with Gasteiger partial charge in [0.05, 0.1) is 11.7 Å². The van der Waals surface area contributed by atoms with E-state index in [4.69, 9.17) is 4.74 Å². The summed E-state index contributed by atoms with van der Waals surface area (Å²) in [5.74, 6) is 0.0839. The molecule has 1 fully saturated rings. The molecule has 1 aliphatic heterocycles. The van der Waals surface area contributed by atoms with E-state index in [1.807, 2.05) is 13.8 Å². The highest BCUT2D eigenvalue weighted by atomic mass is 16.5. The minimum Gasteiger partial charge on any atom is -0.387 e. The highest BCUT2D eigenvalue weighted by Crippen LogP contribution is 2.30. The Morgan fingerprint density at radius 1 is 1.75 bits per heavy atom. The fourth-order valence-electron chi connectivity index (χ4n) is 1.57. The number of rotatable bonds is 3. The van der Waals surface area contributed by atoms with Crippen LogP contribution in [0.5, 0.6) is 0 Å². The molecule has 3 unspecified atom stereocenters. The maximum absolute atomic E-state index is 10.1. The van der Waals surface area contributed by atoms with Crippen LogP contribution in [0, 0.1) is 5.92 Å². The largest absolute Gasteiger partial charge is 0.387 e. The summed E-state index contributed by atoms with van der Waals surface area (Å²) in [4.78, 5) is 0. The first-order valence-electron chi connectivity index (χ1n) is 4.55. The lowest BCUT2D eigenvalue weighted by molar-refractivity contribution is -0.0933. The van der Waals surface area contributed by atoms with Crippen molar-refractivity contribution in [3.05, 3.63) is 12.7 Å². The molecule has 0 spiro atoms. The zero-order valence-electron chi connectivity index (χ0n) is 7.92. The predicted molar refractivity (Wildman–Crippen MR) is 49.0 cm³/mol. The van der Waals surface area contributed by atoms with Gasteiger partial charge in [-0.3, -0.25) is 0 Å². The quantitative estimate of drug-likeness (QED) is 0.654. The van der Waals surface area contributed by atoms with Crippen molar-refractivity contribution in [2.75, 3.05) is 6.61 Å². The molecular weight excluding hydrogens is 152 g/mol. The molecule has 1 heterocycles. The molecule has 0 bridgehead atoms. The second kappa shape index (κ2) is 3.58. The molecule has 2 nitrogen and oxygen atoms in total. The zero-order chi connectivity index (χ0) is 9.19. The molecule has 0 aliphatic carbocycles. The fourth-order valence-corrected chi connectivity index (χ4v) is 1.57. The summed E-state index contributed by atoms with van der Waals surface area (Å²) in [6, 6.07) is 0.